The summed E-state index contributed by atoms with van der Waals surface area (Å²) < 4.78 is 26.8. The van der Waals surface area contributed by atoms with E-state index in [4.69, 9.17) is 10.5 Å². The summed E-state index contributed by atoms with van der Waals surface area (Å²) in [4.78, 5) is 0. The minimum Gasteiger partial charge on any atom is -0.375 e. The maximum absolute atomic E-state index is 10.9. The highest BCUT2D eigenvalue weighted by molar-refractivity contribution is 7.91. The van der Waals surface area contributed by atoms with Crippen LogP contribution in [0, 0.1) is 0 Å². The number of sulfone groups is 1. The van der Waals surface area contributed by atoms with Gasteiger partial charge in [-0.3, -0.25) is 0 Å². The summed E-state index contributed by atoms with van der Waals surface area (Å²) >= 11 is 0. The Morgan fingerprint density at radius 3 is 2.70 bits per heavy atom. The van der Waals surface area contributed by atoms with E-state index in [0.717, 1.165) is 0 Å². The van der Waals surface area contributed by atoms with Crippen LogP contribution in [0.25, 0.3) is 0 Å². The zero-order valence-electron chi connectivity index (χ0n) is 5.62. The highest BCUT2D eigenvalue weighted by Gasteiger charge is 2.23. The van der Waals surface area contributed by atoms with Crippen molar-refractivity contribution in [2.45, 2.75) is 6.10 Å². The lowest BCUT2D eigenvalue weighted by atomic mass is 10.4. The van der Waals surface area contributed by atoms with Crippen LogP contribution in [0.2, 0.25) is 0 Å². The van der Waals surface area contributed by atoms with Crippen molar-refractivity contribution in [2.75, 3.05) is 24.7 Å². The minimum absolute atomic E-state index is 0.0868. The third-order valence-electron chi connectivity index (χ3n) is 1.45. The quantitative estimate of drug-likeness (QED) is 0.527. The maximum Gasteiger partial charge on any atom is 0.155 e. The Morgan fingerprint density at radius 2 is 2.30 bits per heavy atom. The number of ether oxygens (including phenoxy) is 1. The van der Waals surface area contributed by atoms with Gasteiger partial charge in [-0.05, 0) is 0 Å². The third-order valence-corrected chi connectivity index (χ3v) is 3.12. The molecule has 1 saturated heterocycles. The molecule has 0 spiro atoms. The summed E-state index contributed by atoms with van der Waals surface area (Å²) in [5.41, 5.74) is 5.23. The van der Waals surface area contributed by atoms with Crippen LogP contribution < -0.4 is 5.73 Å². The molecule has 1 aliphatic rings. The number of hydrogen-bond acceptors (Lipinski definition) is 4. The molecule has 5 heteroatoms. The van der Waals surface area contributed by atoms with E-state index in [0.29, 0.717) is 13.2 Å². The van der Waals surface area contributed by atoms with Crippen LogP contribution in [0.5, 0.6) is 0 Å². The fourth-order valence-corrected chi connectivity index (χ4v) is 2.21. The lowest BCUT2D eigenvalue weighted by Gasteiger charge is -2.20. The molecule has 1 fully saturated rings. The van der Waals surface area contributed by atoms with Gasteiger partial charge in [-0.25, -0.2) is 8.42 Å². The molecule has 1 aliphatic heterocycles. The first-order chi connectivity index (χ1) is 4.64. The van der Waals surface area contributed by atoms with Crippen molar-refractivity contribution in [2.24, 2.45) is 5.73 Å². The monoisotopic (exact) mass is 165 g/mol. The SMILES string of the molecule is NC[C@@H]1CS(=O)(=O)CCO1. The van der Waals surface area contributed by atoms with E-state index in [1.807, 2.05) is 0 Å². The topological polar surface area (TPSA) is 69.4 Å². The summed E-state index contributed by atoms with van der Waals surface area (Å²) in [6.07, 6.45) is -0.279. The predicted octanol–water partition coefficient (Wildman–Crippen LogP) is -1.24. The van der Waals surface area contributed by atoms with Gasteiger partial charge >= 0.3 is 0 Å². The van der Waals surface area contributed by atoms with Crippen LogP contribution in [0.1, 0.15) is 0 Å². The average molecular weight is 165 g/mol. The molecular weight excluding hydrogens is 154 g/mol. The molecule has 1 heterocycles. The van der Waals surface area contributed by atoms with Crippen molar-refractivity contribution in [1.82, 2.24) is 0 Å². The summed E-state index contributed by atoms with van der Waals surface area (Å²) in [5.74, 6) is 0.229. The number of nitrogens with two attached hydrogens (primary N) is 1. The van der Waals surface area contributed by atoms with E-state index >= 15 is 0 Å². The van der Waals surface area contributed by atoms with Crippen molar-refractivity contribution in [3.8, 4) is 0 Å². The molecule has 1 rings (SSSR count). The van der Waals surface area contributed by atoms with Gasteiger partial charge in [0.2, 0.25) is 0 Å². The predicted molar refractivity (Wildman–Crippen MR) is 37.4 cm³/mol. The normalized spacial score (nSPS) is 31.9. The fourth-order valence-electron chi connectivity index (χ4n) is 0.893. The van der Waals surface area contributed by atoms with Gasteiger partial charge in [-0.2, -0.15) is 0 Å². The van der Waals surface area contributed by atoms with Gasteiger partial charge in [0.1, 0.15) is 0 Å². The fraction of sp³-hybridized carbons (Fsp3) is 1.00. The molecule has 60 valence electrons. The van der Waals surface area contributed by atoms with Crippen LogP contribution in [-0.4, -0.2) is 39.2 Å². The molecule has 0 aromatic carbocycles. The first-order valence-corrected chi connectivity index (χ1v) is 4.98. The Kier molecular flexibility index (Phi) is 2.28. The minimum atomic E-state index is -2.85. The molecule has 0 aromatic rings. The van der Waals surface area contributed by atoms with Gasteiger partial charge in [-0.1, -0.05) is 0 Å². The van der Waals surface area contributed by atoms with Crippen LogP contribution in [0.15, 0.2) is 0 Å². The van der Waals surface area contributed by atoms with Crippen LogP contribution in [-0.2, 0) is 14.6 Å². The zero-order chi connectivity index (χ0) is 7.61. The molecule has 0 amide bonds. The van der Waals surface area contributed by atoms with E-state index in [-0.39, 0.29) is 17.6 Å². The highest BCUT2D eigenvalue weighted by Crippen LogP contribution is 2.04. The molecule has 0 aliphatic carbocycles. The maximum atomic E-state index is 10.9. The van der Waals surface area contributed by atoms with E-state index in [1.165, 1.54) is 0 Å². The van der Waals surface area contributed by atoms with Crippen LogP contribution in [0.3, 0.4) is 0 Å². The summed E-state index contributed by atoms with van der Waals surface area (Å²) in [6, 6.07) is 0. The molecule has 10 heavy (non-hydrogen) atoms. The molecule has 0 radical (unpaired) electrons. The van der Waals surface area contributed by atoms with E-state index in [9.17, 15) is 8.42 Å². The molecule has 0 unspecified atom stereocenters. The van der Waals surface area contributed by atoms with E-state index in [1.54, 1.807) is 0 Å². The lowest BCUT2D eigenvalue weighted by Crippen LogP contribution is -2.38. The second kappa shape index (κ2) is 2.86. The largest absolute Gasteiger partial charge is 0.375 e. The van der Waals surface area contributed by atoms with Crippen LogP contribution in [0.4, 0.5) is 0 Å². The van der Waals surface area contributed by atoms with Crippen molar-refractivity contribution in [1.29, 1.82) is 0 Å². The first-order valence-electron chi connectivity index (χ1n) is 3.16. The zero-order valence-corrected chi connectivity index (χ0v) is 6.43. The van der Waals surface area contributed by atoms with Crippen LogP contribution >= 0.6 is 0 Å². The molecule has 1 atom stereocenters. The first kappa shape index (κ1) is 7.97. The van der Waals surface area contributed by atoms with Gasteiger partial charge in [-0.15, -0.1) is 0 Å². The molecule has 0 aromatic heterocycles. The van der Waals surface area contributed by atoms with E-state index < -0.39 is 9.84 Å². The van der Waals surface area contributed by atoms with Gasteiger partial charge in [0.05, 0.1) is 24.2 Å². The van der Waals surface area contributed by atoms with Crippen molar-refractivity contribution >= 4 is 9.84 Å². The van der Waals surface area contributed by atoms with Crippen molar-refractivity contribution in [3.05, 3.63) is 0 Å². The van der Waals surface area contributed by atoms with E-state index in [2.05, 4.69) is 0 Å². The highest BCUT2D eigenvalue weighted by atomic mass is 32.2. The third kappa shape index (κ3) is 1.93. The lowest BCUT2D eigenvalue weighted by molar-refractivity contribution is 0.0780. The average Bonchev–Trinajstić information content (AvgIpc) is 1.86. The van der Waals surface area contributed by atoms with Gasteiger partial charge in [0.25, 0.3) is 0 Å². The Labute approximate surface area is 60.3 Å². The molecule has 0 saturated carbocycles. The smallest absolute Gasteiger partial charge is 0.155 e. The Balaban J connectivity index is 2.56. The second-order valence-electron chi connectivity index (χ2n) is 2.34. The van der Waals surface area contributed by atoms with Gasteiger partial charge in [0.15, 0.2) is 9.84 Å². The standard InChI is InChI=1S/C5H11NO3S/c6-3-5-4-10(7,8)2-1-9-5/h5H,1-4,6H2/t5-/m1/s1. The second-order valence-corrected chi connectivity index (χ2v) is 4.57. The molecule has 2 N–H and O–H groups in total. The Hall–Kier alpha value is -0.130. The Morgan fingerprint density at radius 1 is 1.60 bits per heavy atom. The summed E-state index contributed by atoms with van der Waals surface area (Å²) in [7, 11) is -2.85. The van der Waals surface area contributed by atoms with Crippen molar-refractivity contribution in [3.63, 3.8) is 0 Å². The Bertz CT molecular complexity index is 199. The van der Waals surface area contributed by atoms with Gasteiger partial charge in [0, 0.05) is 6.54 Å². The molecule has 0 bridgehead atoms. The van der Waals surface area contributed by atoms with Gasteiger partial charge < -0.3 is 10.5 Å². The van der Waals surface area contributed by atoms with Crippen molar-refractivity contribution < 1.29 is 13.2 Å². The number of hydrogen-bond donors (Lipinski definition) is 1. The summed E-state index contributed by atoms with van der Waals surface area (Å²) in [6.45, 7) is 0.587. The molecular formula is C5H11NO3S. The molecule has 4 nitrogen and oxygen atoms in total. The summed E-state index contributed by atoms with van der Waals surface area (Å²) in [5, 5.41) is 0. The number of rotatable bonds is 1.